The van der Waals surface area contributed by atoms with Crippen molar-refractivity contribution in [2.24, 2.45) is 5.92 Å². The van der Waals surface area contributed by atoms with Gasteiger partial charge in [0.25, 0.3) is 0 Å². The Labute approximate surface area is 135 Å². The summed E-state index contributed by atoms with van der Waals surface area (Å²) in [6.45, 7) is 12.1. The van der Waals surface area contributed by atoms with E-state index in [1.165, 1.54) is 18.4 Å². The zero-order chi connectivity index (χ0) is 16.2. The molecule has 22 heavy (non-hydrogen) atoms. The van der Waals surface area contributed by atoms with Crippen LogP contribution in [0.1, 0.15) is 46.1 Å². The molecule has 2 rings (SSSR count). The first-order valence-corrected chi connectivity index (χ1v) is 8.49. The van der Waals surface area contributed by atoms with Crippen molar-refractivity contribution in [1.82, 2.24) is 4.90 Å². The van der Waals surface area contributed by atoms with Gasteiger partial charge >= 0.3 is 0 Å². The lowest BCUT2D eigenvalue weighted by molar-refractivity contribution is 0.0557. The molecule has 1 aromatic rings. The predicted octanol–water partition coefficient (Wildman–Crippen LogP) is 3.46. The highest BCUT2D eigenvalue weighted by atomic mass is 16.5. The average molecular weight is 305 g/mol. The quantitative estimate of drug-likeness (QED) is 0.904. The molecule has 1 fully saturated rings. The van der Waals surface area contributed by atoms with E-state index >= 15 is 0 Å². The summed E-state index contributed by atoms with van der Waals surface area (Å²) in [5, 5.41) is 10.3. The van der Waals surface area contributed by atoms with Gasteiger partial charge in [0.2, 0.25) is 0 Å². The summed E-state index contributed by atoms with van der Waals surface area (Å²) in [7, 11) is 0. The number of hydrogen-bond acceptors (Lipinski definition) is 3. The van der Waals surface area contributed by atoms with E-state index in [0.717, 1.165) is 24.8 Å². The first kappa shape index (κ1) is 17.3. The van der Waals surface area contributed by atoms with E-state index in [4.69, 9.17) is 4.74 Å². The zero-order valence-corrected chi connectivity index (χ0v) is 14.5. The molecule has 0 aliphatic carbocycles. The second-order valence-corrected chi connectivity index (χ2v) is 7.69. The molecule has 0 spiro atoms. The lowest BCUT2D eigenvalue weighted by Gasteiger charge is -2.31. The molecule has 1 aliphatic rings. The molecule has 3 heteroatoms. The second-order valence-electron chi connectivity index (χ2n) is 7.69. The fraction of sp³-hybridized carbons (Fsp3) is 0.684. The monoisotopic (exact) mass is 305 g/mol. The van der Waals surface area contributed by atoms with Gasteiger partial charge in [-0.25, -0.2) is 0 Å². The van der Waals surface area contributed by atoms with E-state index in [0.29, 0.717) is 13.2 Å². The van der Waals surface area contributed by atoms with Gasteiger partial charge in [-0.1, -0.05) is 45.9 Å². The number of piperidine rings is 1. The molecule has 124 valence electrons. The zero-order valence-electron chi connectivity index (χ0n) is 14.5. The Morgan fingerprint density at radius 2 is 1.86 bits per heavy atom. The summed E-state index contributed by atoms with van der Waals surface area (Å²) >= 11 is 0. The molecule has 1 atom stereocenters. The van der Waals surface area contributed by atoms with Crippen LogP contribution in [0.2, 0.25) is 0 Å². The highest BCUT2D eigenvalue weighted by Crippen LogP contribution is 2.31. The fourth-order valence-corrected chi connectivity index (χ4v) is 2.99. The fourth-order valence-electron chi connectivity index (χ4n) is 2.99. The van der Waals surface area contributed by atoms with Gasteiger partial charge < -0.3 is 14.7 Å². The standard InChI is InChI=1S/C19H31NO2/c1-15-9-11-20(12-10-15)13-16(21)14-22-18-8-6-5-7-17(18)19(2,3)4/h5-8,15-16,21H,9-14H2,1-4H3. The smallest absolute Gasteiger partial charge is 0.123 e. The molecule has 0 radical (unpaired) electrons. The summed E-state index contributed by atoms with van der Waals surface area (Å²) in [6, 6.07) is 8.13. The van der Waals surface area contributed by atoms with Crippen molar-refractivity contribution in [3.05, 3.63) is 29.8 Å². The summed E-state index contributed by atoms with van der Waals surface area (Å²) in [6.07, 6.45) is 2.04. The number of rotatable bonds is 5. The Morgan fingerprint density at radius 3 is 2.50 bits per heavy atom. The maximum atomic E-state index is 10.3. The van der Waals surface area contributed by atoms with Gasteiger partial charge in [-0.05, 0) is 48.9 Å². The normalized spacial score (nSPS) is 19.1. The van der Waals surface area contributed by atoms with Crippen molar-refractivity contribution in [2.45, 2.75) is 52.1 Å². The summed E-state index contributed by atoms with van der Waals surface area (Å²) in [5.74, 6) is 1.71. The molecule has 1 heterocycles. The molecule has 0 saturated carbocycles. The third kappa shape index (κ3) is 4.99. The highest BCUT2D eigenvalue weighted by Gasteiger charge is 2.21. The van der Waals surface area contributed by atoms with Gasteiger partial charge in [-0.2, -0.15) is 0 Å². The van der Waals surface area contributed by atoms with Crippen LogP contribution in [0.5, 0.6) is 5.75 Å². The number of aliphatic hydroxyl groups excluding tert-OH is 1. The van der Waals surface area contributed by atoms with Crippen LogP contribution in [0.4, 0.5) is 0 Å². The third-order valence-corrected chi connectivity index (χ3v) is 4.47. The molecule has 0 amide bonds. The van der Waals surface area contributed by atoms with Gasteiger partial charge in [0.05, 0.1) is 0 Å². The van der Waals surface area contributed by atoms with Crippen LogP contribution in [0.25, 0.3) is 0 Å². The second kappa shape index (κ2) is 7.47. The topological polar surface area (TPSA) is 32.7 Å². The molecular weight excluding hydrogens is 274 g/mol. The summed E-state index contributed by atoms with van der Waals surface area (Å²) in [5.41, 5.74) is 1.24. The molecule has 1 aromatic carbocycles. The van der Waals surface area contributed by atoms with Gasteiger partial charge in [0, 0.05) is 6.54 Å². The Balaban J connectivity index is 1.85. The van der Waals surface area contributed by atoms with E-state index < -0.39 is 6.10 Å². The van der Waals surface area contributed by atoms with Crippen molar-refractivity contribution < 1.29 is 9.84 Å². The lowest BCUT2D eigenvalue weighted by atomic mass is 9.86. The van der Waals surface area contributed by atoms with E-state index in [1.807, 2.05) is 18.2 Å². The van der Waals surface area contributed by atoms with Crippen molar-refractivity contribution in [3.8, 4) is 5.75 Å². The molecule has 1 saturated heterocycles. The Kier molecular flexibility index (Phi) is 5.87. The van der Waals surface area contributed by atoms with Gasteiger partial charge in [-0.15, -0.1) is 0 Å². The van der Waals surface area contributed by atoms with Gasteiger partial charge in [0.15, 0.2) is 0 Å². The third-order valence-electron chi connectivity index (χ3n) is 4.47. The molecule has 1 N–H and O–H groups in total. The summed E-state index contributed by atoms with van der Waals surface area (Å²) in [4.78, 5) is 2.35. The van der Waals surface area contributed by atoms with Crippen LogP contribution < -0.4 is 4.74 Å². The predicted molar refractivity (Wildman–Crippen MR) is 91.5 cm³/mol. The van der Waals surface area contributed by atoms with Crippen LogP contribution >= 0.6 is 0 Å². The van der Waals surface area contributed by atoms with Gasteiger partial charge in [0.1, 0.15) is 18.5 Å². The first-order valence-electron chi connectivity index (χ1n) is 8.49. The number of β-amino-alcohol motifs (C(OH)–C–C–N with tert-alkyl or cyclic N) is 1. The molecular formula is C19H31NO2. The number of likely N-dealkylation sites (tertiary alicyclic amines) is 1. The van der Waals surface area contributed by atoms with Crippen molar-refractivity contribution in [3.63, 3.8) is 0 Å². The lowest BCUT2D eigenvalue weighted by Crippen LogP contribution is -2.40. The van der Waals surface area contributed by atoms with Crippen LogP contribution in [-0.2, 0) is 5.41 Å². The first-order chi connectivity index (χ1) is 10.4. The average Bonchev–Trinajstić information content (AvgIpc) is 2.47. The Bertz CT molecular complexity index is 459. The minimum atomic E-state index is -0.429. The van der Waals surface area contributed by atoms with E-state index in [-0.39, 0.29) is 5.41 Å². The minimum Gasteiger partial charge on any atom is -0.491 e. The highest BCUT2D eigenvalue weighted by molar-refractivity contribution is 5.38. The number of nitrogens with zero attached hydrogens (tertiary/aromatic N) is 1. The molecule has 3 nitrogen and oxygen atoms in total. The maximum absolute atomic E-state index is 10.3. The van der Waals surface area contributed by atoms with Crippen LogP contribution in [0, 0.1) is 5.92 Å². The number of aliphatic hydroxyl groups is 1. The van der Waals surface area contributed by atoms with Crippen molar-refractivity contribution >= 4 is 0 Å². The Morgan fingerprint density at radius 1 is 1.23 bits per heavy atom. The molecule has 1 aliphatic heterocycles. The molecule has 0 aromatic heterocycles. The van der Waals surface area contributed by atoms with Crippen LogP contribution in [-0.4, -0.2) is 42.4 Å². The number of benzene rings is 1. The van der Waals surface area contributed by atoms with E-state index in [1.54, 1.807) is 0 Å². The number of hydrogen-bond donors (Lipinski definition) is 1. The largest absolute Gasteiger partial charge is 0.491 e. The van der Waals surface area contributed by atoms with Crippen LogP contribution in [0.3, 0.4) is 0 Å². The molecule has 0 bridgehead atoms. The molecule has 1 unspecified atom stereocenters. The van der Waals surface area contributed by atoms with E-state index in [2.05, 4.69) is 38.7 Å². The summed E-state index contributed by atoms with van der Waals surface area (Å²) < 4.78 is 5.91. The minimum absolute atomic E-state index is 0.0462. The van der Waals surface area contributed by atoms with Crippen molar-refractivity contribution in [1.29, 1.82) is 0 Å². The van der Waals surface area contributed by atoms with Crippen LogP contribution in [0.15, 0.2) is 24.3 Å². The Hall–Kier alpha value is -1.06. The number of ether oxygens (including phenoxy) is 1. The van der Waals surface area contributed by atoms with Gasteiger partial charge in [-0.3, -0.25) is 0 Å². The number of para-hydroxylation sites is 1. The van der Waals surface area contributed by atoms with E-state index in [9.17, 15) is 5.11 Å². The SMILES string of the molecule is CC1CCN(CC(O)COc2ccccc2C(C)(C)C)CC1. The van der Waals surface area contributed by atoms with Crippen molar-refractivity contribution in [2.75, 3.05) is 26.2 Å². The maximum Gasteiger partial charge on any atom is 0.123 e.